The molecule has 2 aromatic carbocycles. The molecular weight excluding hydrogens is 420 g/mol. The Morgan fingerprint density at radius 3 is 2.56 bits per heavy atom. The van der Waals surface area contributed by atoms with Crippen molar-refractivity contribution in [1.29, 1.82) is 0 Å². The Bertz CT molecular complexity index is 1350. The lowest BCUT2D eigenvalue weighted by molar-refractivity contribution is 0.242. The van der Waals surface area contributed by atoms with Gasteiger partial charge in [0.25, 0.3) is 5.56 Å². The van der Waals surface area contributed by atoms with Crippen molar-refractivity contribution in [1.82, 2.24) is 19.9 Å². The Morgan fingerprint density at radius 2 is 1.81 bits per heavy atom. The molecule has 164 valence electrons. The van der Waals surface area contributed by atoms with E-state index in [0.717, 1.165) is 58.4 Å². The van der Waals surface area contributed by atoms with Crippen LogP contribution >= 0.6 is 11.6 Å². The molecule has 1 aliphatic rings. The van der Waals surface area contributed by atoms with E-state index in [1.807, 2.05) is 30.3 Å². The van der Waals surface area contributed by atoms with E-state index in [1.54, 1.807) is 0 Å². The molecule has 0 amide bonds. The van der Waals surface area contributed by atoms with E-state index in [9.17, 15) is 4.79 Å². The zero-order chi connectivity index (χ0) is 22.5. The monoisotopic (exact) mass is 446 g/mol. The second-order valence-corrected chi connectivity index (χ2v) is 10.0. The molecule has 0 unspecified atom stereocenters. The number of para-hydroxylation sites is 1. The predicted molar refractivity (Wildman–Crippen MR) is 130 cm³/mol. The first-order valence-corrected chi connectivity index (χ1v) is 11.4. The van der Waals surface area contributed by atoms with Gasteiger partial charge in [0.2, 0.25) is 0 Å². The van der Waals surface area contributed by atoms with Crippen molar-refractivity contribution in [2.75, 3.05) is 6.54 Å². The van der Waals surface area contributed by atoms with Crippen molar-refractivity contribution in [3.63, 3.8) is 0 Å². The third-order valence-corrected chi connectivity index (χ3v) is 6.44. The molecule has 6 heteroatoms. The van der Waals surface area contributed by atoms with Crippen LogP contribution in [0.5, 0.6) is 0 Å². The van der Waals surface area contributed by atoms with Crippen molar-refractivity contribution >= 4 is 22.5 Å². The van der Waals surface area contributed by atoms with Gasteiger partial charge < -0.3 is 9.97 Å². The van der Waals surface area contributed by atoms with Crippen LogP contribution in [-0.2, 0) is 24.9 Å². The molecule has 0 fully saturated rings. The third-order valence-electron chi connectivity index (χ3n) is 6.19. The van der Waals surface area contributed by atoms with Gasteiger partial charge in [0.1, 0.15) is 5.82 Å². The van der Waals surface area contributed by atoms with Crippen molar-refractivity contribution in [3.05, 3.63) is 86.6 Å². The first-order valence-electron chi connectivity index (χ1n) is 11.0. The highest BCUT2D eigenvalue weighted by Crippen LogP contribution is 2.33. The minimum absolute atomic E-state index is 0.0125. The Hall–Kier alpha value is -2.89. The summed E-state index contributed by atoms with van der Waals surface area (Å²) in [4.78, 5) is 26.6. The number of benzene rings is 2. The van der Waals surface area contributed by atoms with Gasteiger partial charge in [0.05, 0.1) is 17.0 Å². The van der Waals surface area contributed by atoms with E-state index in [1.165, 1.54) is 10.9 Å². The zero-order valence-corrected chi connectivity index (χ0v) is 19.4. The fourth-order valence-corrected chi connectivity index (χ4v) is 4.55. The van der Waals surface area contributed by atoms with E-state index >= 15 is 0 Å². The van der Waals surface area contributed by atoms with E-state index in [2.05, 4.69) is 53.8 Å². The highest BCUT2D eigenvalue weighted by atomic mass is 35.5. The summed E-state index contributed by atoms with van der Waals surface area (Å²) in [5, 5.41) is 1.93. The number of halogens is 1. The molecule has 0 saturated heterocycles. The lowest BCUT2D eigenvalue weighted by Gasteiger charge is -2.29. The molecule has 0 bridgehead atoms. The molecule has 1 aliphatic heterocycles. The maximum Gasteiger partial charge on any atom is 0.255 e. The fourth-order valence-electron chi connectivity index (χ4n) is 4.42. The average Bonchev–Trinajstić information content (AvgIpc) is 3.12. The first-order chi connectivity index (χ1) is 15.3. The fraction of sp³-hybridized carbons (Fsp3) is 0.308. The molecule has 0 spiro atoms. The van der Waals surface area contributed by atoms with E-state index < -0.39 is 0 Å². The zero-order valence-electron chi connectivity index (χ0n) is 18.6. The molecule has 3 heterocycles. The Morgan fingerprint density at radius 1 is 1.06 bits per heavy atom. The number of rotatable bonds is 3. The van der Waals surface area contributed by atoms with Crippen LogP contribution in [0.2, 0.25) is 5.02 Å². The molecule has 5 nitrogen and oxygen atoms in total. The SMILES string of the molecule is CC(C)(C)c1nc2c(c(=O)[nH]1)CN(Cc1c(-c3ccc(Cl)cc3)[nH]c3ccccc13)CC2. The quantitative estimate of drug-likeness (QED) is 0.441. The number of hydrogen-bond donors (Lipinski definition) is 2. The smallest absolute Gasteiger partial charge is 0.255 e. The summed E-state index contributed by atoms with van der Waals surface area (Å²) in [5.74, 6) is 0.761. The van der Waals surface area contributed by atoms with E-state index in [4.69, 9.17) is 16.6 Å². The van der Waals surface area contributed by atoms with Gasteiger partial charge in [-0.2, -0.15) is 0 Å². The summed E-state index contributed by atoms with van der Waals surface area (Å²) in [6, 6.07) is 16.3. The van der Waals surface area contributed by atoms with Crippen molar-refractivity contribution in [2.24, 2.45) is 0 Å². The van der Waals surface area contributed by atoms with Crippen LogP contribution in [0.25, 0.3) is 22.2 Å². The number of hydrogen-bond acceptors (Lipinski definition) is 3. The molecule has 0 atom stereocenters. The molecule has 4 aromatic rings. The minimum Gasteiger partial charge on any atom is -0.354 e. The van der Waals surface area contributed by atoms with Gasteiger partial charge in [-0.05, 0) is 29.3 Å². The lowest BCUT2D eigenvalue weighted by atomic mass is 9.94. The predicted octanol–water partition coefficient (Wildman–Crippen LogP) is 5.43. The topological polar surface area (TPSA) is 64.8 Å². The van der Waals surface area contributed by atoms with Crippen molar-refractivity contribution < 1.29 is 0 Å². The summed E-state index contributed by atoms with van der Waals surface area (Å²) in [5.41, 5.74) is 6.09. The van der Waals surface area contributed by atoms with Crippen molar-refractivity contribution in [2.45, 2.75) is 45.7 Å². The standard InChI is InChI=1S/C26H27ClN4O/c1-26(2,3)25-29-22-12-13-31(15-20(22)24(32)30-25)14-19-18-6-4-5-7-21(18)28-23(19)16-8-10-17(27)11-9-16/h4-11,28H,12-15H2,1-3H3,(H,29,30,32). The number of aromatic nitrogens is 3. The summed E-state index contributed by atoms with van der Waals surface area (Å²) in [6.07, 6.45) is 0.779. The lowest BCUT2D eigenvalue weighted by Crippen LogP contribution is -2.37. The van der Waals surface area contributed by atoms with Gasteiger partial charge in [0.15, 0.2) is 0 Å². The number of nitrogens with one attached hydrogen (secondary N) is 2. The maximum absolute atomic E-state index is 12.9. The van der Waals surface area contributed by atoms with Crippen LogP contribution in [0.1, 0.15) is 43.4 Å². The molecule has 32 heavy (non-hydrogen) atoms. The maximum atomic E-state index is 12.9. The summed E-state index contributed by atoms with van der Waals surface area (Å²) < 4.78 is 0. The normalized spacial score (nSPS) is 14.6. The number of nitrogens with zero attached hydrogens (tertiary/aromatic N) is 2. The Kier molecular flexibility index (Phi) is 5.19. The van der Waals surface area contributed by atoms with Crippen LogP contribution in [-0.4, -0.2) is 26.4 Å². The van der Waals surface area contributed by atoms with Gasteiger partial charge in [-0.1, -0.05) is 62.7 Å². The highest BCUT2D eigenvalue weighted by molar-refractivity contribution is 6.30. The summed E-state index contributed by atoms with van der Waals surface area (Å²) in [7, 11) is 0. The molecule has 2 aromatic heterocycles. The Labute approximate surface area is 192 Å². The van der Waals surface area contributed by atoms with Gasteiger partial charge in [-0.15, -0.1) is 0 Å². The van der Waals surface area contributed by atoms with Gasteiger partial charge >= 0.3 is 0 Å². The van der Waals surface area contributed by atoms with Gasteiger partial charge in [-0.3, -0.25) is 9.69 Å². The molecular formula is C26H27ClN4O. The van der Waals surface area contributed by atoms with Crippen LogP contribution in [0.15, 0.2) is 53.3 Å². The molecule has 0 aliphatic carbocycles. The van der Waals surface area contributed by atoms with E-state index in [-0.39, 0.29) is 11.0 Å². The average molecular weight is 447 g/mol. The van der Waals surface area contributed by atoms with Crippen LogP contribution in [0.4, 0.5) is 0 Å². The molecule has 5 rings (SSSR count). The van der Waals surface area contributed by atoms with Crippen LogP contribution in [0.3, 0.4) is 0 Å². The van der Waals surface area contributed by atoms with Crippen LogP contribution in [0, 0.1) is 0 Å². The summed E-state index contributed by atoms with van der Waals surface area (Å²) in [6.45, 7) is 8.43. The van der Waals surface area contributed by atoms with E-state index in [0.29, 0.717) is 6.54 Å². The number of fused-ring (bicyclic) bond motifs is 2. The third kappa shape index (κ3) is 3.87. The second-order valence-electron chi connectivity index (χ2n) is 9.58. The summed E-state index contributed by atoms with van der Waals surface area (Å²) >= 11 is 6.12. The molecule has 0 radical (unpaired) electrons. The van der Waals surface area contributed by atoms with Crippen LogP contribution < -0.4 is 5.56 Å². The Balaban J connectivity index is 1.50. The van der Waals surface area contributed by atoms with Crippen molar-refractivity contribution in [3.8, 4) is 11.3 Å². The second kappa shape index (κ2) is 7.91. The first kappa shape index (κ1) is 21.0. The van der Waals surface area contributed by atoms with Gasteiger partial charge in [0, 0.05) is 47.4 Å². The highest BCUT2D eigenvalue weighted by Gasteiger charge is 2.26. The number of H-pyrrole nitrogens is 2. The number of aromatic amines is 2. The largest absolute Gasteiger partial charge is 0.354 e. The molecule has 2 N–H and O–H groups in total. The van der Waals surface area contributed by atoms with Gasteiger partial charge in [-0.25, -0.2) is 4.98 Å². The minimum atomic E-state index is -0.178. The molecule has 0 saturated carbocycles.